The minimum absolute atomic E-state index is 0.0154. The average molecular weight is 325 g/mol. The average Bonchev–Trinajstić information content (AvgIpc) is 3.09. The Bertz CT molecular complexity index is 641. The highest BCUT2D eigenvalue weighted by Gasteiger charge is 2.24. The molecule has 1 aliphatic heterocycles. The van der Waals surface area contributed by atoms with Crippen LogP contribution in [0.25, 0.3) is 10.2 Å². The number of nitrogens with zero attached hydrogens (tertiary/aromatic N) is 2. The topological polar surface area (TPSA) is 42.4 Å². The molecule has 6 heteroatoms. The molecule has 0 saturated carbocycles. The van der Waals surface area contributed by atoms with Crippen molar-refractivity contribution in [2.24, 2.45) is 0 Å². The summed E-state index contributed by atoms with van der Waals surface area (Å²) < 4.78 is 6.57. The van der Waals surface area contributed by atoms with Gasteiger partial charge >= 0.3 is 0 Å². The minimum Gasteiger partial charge on any atom is -0.376 e. The van der Waals surface area contributed by atoms with Crippen LogP contribution in [0.2, 0.25) is 5.02 Å². The Morgan fingerprint density at radius 3 is 3.00 bits per heavy atom. The summed E-state index contributed by atoms with van der Waals surface area (Å²) in [6.45, 7) is 4.91. The lowest BCUT2D eigenvalue weighted by Gasteiger charge is -2.21. The number of amides is 1. The number of ether oxygens (including phenoxy) is 1. The normalized spacial score (nSPS) is 18.3. The number of hydrogen-bond acceptors (Lipinski definition) is 4. The van der Waals surface area contributed by atoms with Crippen molar-refractivity contribution < 1.29 is 9.53 Å². The van der Waals surface area contributed by atoms with Crippen LogP contribution in [0.1, 0.15) is 25.3 Å². The molecule has 3 rings (SSSR count). The van der Waals surface area contributed by atoms with Gasteiger partial charge in [0.25, 0.3) is 0 Å². The number of halogens is 1. The number of aromatic nitrogens is 1. The van der Waals surface area contributed by atoms with Crippen LogP contribution in [0, 0.1) is 6.92 Å². The summed E-state index contributed by atoms with van der Waals surface area (Å²) in [6.07, 6.45) is 2.16. The van der Waals surface area contributed by atoms with Gasteiger partial charge in [0, 0.05) is 13.5 Å². The van der Waals surface area contributed by atoms with E-state index in [1.54, 1.807) is 11.8 Å². The number of anilines is 1. The third kappa shape index (κ3) is 2.91. The quantitative estimate of drug-likeness (QED) is 0.862. The summed E-state index contributed by atoms with van der Waals surface area (Å²) in [5, 5.41) is 1.38. The van der Waals surface area contributed by atoms with Crippen LogP contribution in [-0.2, 0) is 9.53 Å². The Labute approximate surface area is 132 Å². The van der Waals surface area contributed by atoms with Gasteiger partial charge in [-0.05, 0) is 31.4 Å². The van der Waals surface area contributed by atoms with Crippen LogP contribution in [0.5, 0.6) is 0 Å². The van der Waals surface area contributed by atoms with Gasteiger partial charge in [-0.25, -0.2) is 4.98 Å². The fourth-order valence-electron chi connectivity index (χ4n) is 2.54. The smallest absolute Gasteiger partial charge is 0.225 e. The minimum atomic E-state index is -0.0154. The van der Waals surface area contributed by atoms with Crippen LogP contribution in [0.4, 0.5) is 5.13 Å². The predicted molar refractivity (Wildman–Crippen MR) is 86.4 cm³/mol. The molecule has 1 aromatic carbocycles. The van der Waals surface area contributed by atoms with Gasteiger partial charge in [0.2, 0.25) is 5.91 Å². The van der Waals surface area contributed by atoms with Crippen LogP contribution in [0.3, 0.4) is 0 Å². The molecule has 2 aromatic rings. The number of hydrogen-bond donors (Lipinski definition) is 0. The van der Waals surface area contributed by atoms with Crippen LogP contribution in [0.15, 0.2) is 12.1 Å². The Kier molecular flexibility index (Phi) is 4.15. The van der Waals surface area contributed by atoms with Crippen molar-refractivity contribution in [3.05, 3.63) is 22.7 Å². The first-order chi connectivity index (χ1) is 10.1. The summed E-state index contributed by atoms with van der Waals surface area (Å²) in [6, 6.07) is 3.83. The molecule has 1 amide bonds. The zero-order valence-electron chi connectivity index (χ0n) is 12.1. The monoisotopic (exact) mass is 324 g/mol. The van der Waals surface area contributed by atoms with Gasteiger partial charge in [-0.2, -0.15) is 0 Å². The highest BCUT2D eigenvalue weighted by atomic mass is 35.5. The standard InChI is InChI=1S/C15H17ClN2O2S/c1-9-5-6-12(16)14-13(9)17-15(21-14)18(10(2)19)8-11-4-3-7-20-11/h5-6,11H,3-4,7-8H2,1-2H3. The van der Waals surface area contributed by atoms with E-state index in [0.29, 0.717) is 16.7 Å². The highest BCUT2D eigenvalue weighted by molar-refractivity contribution is 7.23. The van der Waals surface area contributed by atoms with Crippen molar-refractivity contribution in [3.63, 3.8) is 0 Å². The molecule has 1 saturated heterocycles. The SMILES string of the molecule is CC(=O)N(CC1CCCO1)c1nc2c(C)ccc(Cl)c2s1. The second-order valence-electron chi connectivity index (χ2n) is 5.30. The van der Waals surface area contributed by atoms with Crippen molar-refractivity contribution in [2.45, 2.75) is 32.8 Å². The lowest BCUT2D eigenvalue weighted by molar-refractivity contribution is -0.116. The van der Waals surface area contributed by atoms with E-state index in [-0.39, 0.29) is 12.0 Å². The summed E-state index contributed by atoms with van der Waals surface area (Å²) in [5.74, 6) is -0.0154. The van der Waals surface area contributed by atoms with E-state index in [1.165, 1.54) is 11.3 Å². The zero-order valence-corrected chi connectivity index (χ0v) is 13.6. The highest BCUT2D eigenvalue weighted by Crippen LogP contribution is 2.36. The van der Waals surface area contributed by atoms with E-state index in [9.17, 15) is 4.79 Å². The molecule has 1 unspecified atom stereocenters. The van der Waals surface area contributed by atoms with Gasteiger partial charge in [0.15, 0.2) is 5.13 Å². The lowest BCUT2D eigenvalue weighted by atomic mass is 10.2. The van der Waals surface area contributed by atoms with Gasteiger partial charge in [0.05, 0.1) is 27.9 Å². The first kappa shape index (κ1) is 14.8. The van der Waals surface area contributed by atoms with Crippen molar-refractivity contribution in [3.8, 4) is 0 Å². The molecule has 0 N–H and O–H groups in total. The molecule has 21 heavy (non-hydrogen) atoms. The first-order valence-electron chi connectivity index (χ1n) is 7.01. The van der Waals surface area contributed by atoms with E-state index in [1.807, 2.05) is 19.1 Å². The van der Waals surface area contributed by atoms with Gasteiger partial charge in [-0.15, -0.1) is 0 Å². The van der Waals surface area contributed by atoms with E-state index < -0.39 is 0 Å². The second-order valence-corrected chi connectivity index (χ2v) is 6.69. The number of aryl methyl sites for hydroxylation is 1. The van der Waals surface area contributed by atoms with Gasteiger partial charge in [-0.3, -0.25) is 9.69 Å². The fraction of sp³-hybridized carbons (Fsp3) is 0.467. The maximum atomic E-state index is 12.0. The summed E-state index contributed by atoms with van der Waals surface area (Å²) in [7, 11) is 0. The number of fused-ring (bicyclic) bond motifs is 1. The summed E-state index contributed by atoms with van der Waals surface area (Å²) in [4.78, 5) is 18.3. The molecular weight excluding hydrogens is 308 g/mol. The third-order valence-electron chi connectivity index (χ3n) is 3.71. The van der Waals surface area contributed by atoms with Gasteiger partial charge in [-0.1, -0.05) is 29.0 Å². The van der Waals surface area contributed by atoms with Crippen molar-refractivity contribution in [1.82, 2.24) is 4.98 Å². The molecule has 1 aliphatic rings. The molecule has 0 bridgehead atoms. The van der Waals surface area contributed by atoms with E-state index >= 15 is 0 Å². The Balaban J connectivity index is 1.97. The number of carbonyl (C=O) groups excluding carboxylic acids is 1. The molecule has 4 nitrogen and oxygen atoms in total. The zero-order chi connectivity index (χ0) is 15.0. The third-order valence-corrected chi connectivity index (χ3v) is 5.25. The molecule has 2 heterocycles. The fourth-order valence-corrected chi connectivity index (χ4v) is 3.91. The van der Waals surface area contributed by atoms with Crippen LogP contribution < -0.4 is 4.90 Å². The number of benzene rings is 1. The number of thiazole rings is 1. The van der Waals surface area contributed by atoms with Gasteiger partial charge < -0.3 is 4.74 Å². The molecule has 112 valence electrons. The molecule has 0 radical (unpaired) electrons. The Morgan fingerprint density at radius 2 is 2.38 bits per heavy atom. The lowest BCUT2D eigenvalue weighted by Crippen LogP contribution is -2.35. The van der Waals surface area contributed by atoms with E-state index in [0.717, 1.165) is 35.2 Å². The largest absolute Gasteiger partial charge is 0.376 e. The molecule has 1 fully saturated rings. The molecule has 1 atom stereocenters. The van der Waals surface area contributed by atoms with Crippen molar-refractivity contribution >= 4 is 44.2 Å². The Morgan fingerprint density at radius 1 is 1.57 bits per heavy atom. The predicted octanol–water partition coefficient (Wildman–Crippen LogP) is 3.79. The van der Waals surface area contributed by atoms with E-state index in [2.05, 4.69) is 4.98 Å². The maximum absolute atomic E-state index is 12.0. The summed E-state index contributed by atoms with van der Waals surface area (Å²) >= 11 is 7.70. The Hall–Kier alpha value is -1.17. The van der Waals surface area contributed by atoms with Crippen LogP contribution in [-0.4, -0.2) is 30.1 Å². The molecular formula is C15H17ClN2O2S. The van der Waals surface area contributed by atoms with Gasteiger partial charge in [0.1, 0.15) is 0 Å². The number of rotatable bonds is 3. The first-order valence-corrected chi connectivity index (χ1v) is 8.21. The van der Waals surface area contributed by atoms with Crippen molar-refractivity contribution in [1.29, 1.82) is 0 Å². The summed E-state index contributed by atoms with van der Waals surface area (Å²) in [5.41, 5.74) is 1.94. The molecule has 0 aliphatic carbocycles. The molecule has 0 spiro atoms. The van der Waals surface area contributed by atoms with E-state index in [4.69, 9.17) is 16.3 Å². The number of carbonyl (C=O) groups is 1. The van der Waals surface area contributed by atoms with Crippen molar-refractivity contribution in [2.75, 3.05) is 18.1 Å². The van der Waals surface area contributed by atoms with Crippen LogP contribution >= 0.6 is 22.9 Å². The molecule has 1 aromatic heterocycles. The maximum Gasteiger partial charge on any atom is 0.225 e. The second kappa shape index (κ2) is 5.91.